The summed E-state index contributed by atoms with van der Waals surface area (Å²) in [5, 5.41) is 2.25. The van der Waals surface area contributed by atoms with Gasteiger partial charge in [-0.3, -0.25) is 0 Å². The zero-order chi connectivity index (χ0) is 19.4. The molecule has 0 amide bonds. The Balaban J connectivity index is 1.64. The van der Waals surface area contributed by atoms with Crippen LogP contribution in [0.4, 0.5) is 0 Å². The van der Waals surface area contributed by atoms with Gasteiger partial charge in [0.2, 0.25) is 0 Å². The van der Waals surface area contributed by atoms with E-state index in [2.05, 4.69) is 41.7 Å². The van der Waals surface area contributed by atoms with Gasteiger partial charge >= 0.3 is 0 Å². The molecule has 4 heteroatoms. The number of benzene rings is 2. The van der Waals surface area contributed by atoms with E-state index in [1.165, 1.54) is 43.2 Å². The van der Waals surface area contributed by atoms with Gasteiger partial charge < -0.3 is 9.47 Å². The van der Waals surface area contributed by atoms with Crippen LogP contribution in [0.25, 0.3) is 0 Å². The number of nitrogens with one attached hydrogen (secondary N) is 1. The van der Waals surface area contributed by atoms with Crippen LogP contribution >= 0.6 is 0 Å². The normalized spacial score (nSPS) is 23.6. The number of nitrogens with zero attached hydrogens (tertiary/aromatic N) is 1. The maximum Gasteiger partial charge on any atom is 0.123 e. The van der Waals surface area contributed by atoms with Crippen LogP contribution in [-0.4, -0.2) is 25.7 Å². The molecule has 2 fully saturated rings. The molecule has 28 heavy (non-hydrogen) atoms. The molecule has 0 spiro atoms. The van der Waals surface area contributed by atoms with Crippen LogP contribution in [0.3, 0.4) is 0 Å². The molecule has 1 aliphatic heterocycles. The van der Waals surface area contributed by atoms with Crippen molar-refractivity contribution >= 4 is 0 Å². The Morgan fingerprint density at radius 2 is 1.79 bits per heavy atom. The molecule has 4 rings (SSSR count). The highest BCUT2D eigenvalue weighted by Crippen LogP contribution is 2.45. The topological polar surface area (TPSA) is 33.7 Å². The lowest BCUT2D eigenvalue weighted by atomic mass is 9.70. The molecule has 1 heterocycles. The number of methoxy groups -OCH3 is 1. The molecule has 1 atom stereocenters. The Labute approximate surface area is 168 Å². The van der Waals surface area contributed by atoms with Crippen LogP contribution in [0.1, 0.15) is 49.7 Å². The van der Waals surface area contributed by atoms with Crippen molar-refractivity contribution < 1.29 is 9.47 Å². The molecule has 0 radical (unpaired) electrons. The highest BCUT2D eigenvalue weighted by atomic mass is 16.5. The van der Waals surface area contributed by atoms with Gasteiger partial charge in [0.1, 0.15) is 18.1 Å². The van der Waals surface area contributed by atoms with Crippen LogP contribution in [-0.2, 0) is 12.1 Å². The minimum Gasteiger partial charge on any atom is -0.497 e. The van der Waals surface area contributed by atoms with Gasteiger partial charge in [0, 0.05) is 19.7 Å². The Hall–Kier alpha value is -2.04. The molecule has 2 aliphatic rings. The summed E-state index contributed by atoms with van der Waals surface area (Å²) in [6.07, 6.45) is 7.74. The van der Waals surface area contributed by atoms with Gasteiger partial charge in [-0.2, -0.15) is 0 Å². The summed E-state index contributed by atoms with van der Waals surface area (Å²) in [5.41, 5.74) is 6.28. The summed E-state index contributed by atoms with van der Waals surface area (Å²) < 4.78 is 11.8. The molecular formula is C24H32N2O2. The zero-order valence-electron chi connectivity index (χ0n) is 17.1. The smallest absolute Gasteiger partial charge is 0.123 e. The minimum atomic E-state index is -0.0193. The van der Waals surface area contributed by atoms with E-state index in [0.717, 1.165) is 24.5 Å². The second-order valence-electron chi connectivity index (χ2n) is 8.26. The predicted octanol–water partition coefficient (Wildman–Crippen LogP) is 4.89. The largest absolute Gasteiger partial charge is 0.497 e. The summed E-state index contributed by atoms with van der Waals surface area (Å²) in [5.74, 6) is 2.40. The maximum atomic E-state index is 6.17. The zero-order valence-corrected chi connectivity index (χ0v) is 17.1. The lowest BCUT2D eigenvalue weighted by molar-refractivity contribution is 0.132. The van der Waals surface area contributed by atoms with Crippen molar-refractivity contribution in [2.24, 2.45) is 5.92 Å². The van der Waals surface area contributed by atoms with E-state index in [-0.39, 0.29) is 5.54 Å². The number of rotatable bonds is 6. The van der Waals surface area contributed by atoms with Crippen LogP contribution in [0.2, 0.25) is 0 Å². The van der Waals surface area contributed by atoms with Crippen molar-refractivity contribution in [3.05, 3.63) is 59.7 Å². The van der Waals surface area contributed by atoms with E-state index >= 15 is 0 Å². The van der Waals surface area contributed by atoms with Crippen LogP contribution in [0.15, 0.2) is 48.5 Å². The molecule has 0 aromatic heterocycles. The fourth-order valence-corrected chi connectivity index (χ4v) is 4.90. The van der Waals surface area contributed by atoms with E-state index in [4.69, 9.17) is 9.47 Å². The average Bonchev–Trinajstić information content (AvgIpc) is 3.16. The molecule has 1 saturated heterocycles. The van der Waals surface area contributed by atoms with E-state index < -0.39 is 0 Å². The molecule has 4 nitrogen and oxygen atoms in total. The van der Waals surface area contributed by atoms with E-state index in [9.17, 15) is 0 Å². The number of hydrogen-bond donors (Lipinski definition) is 1. The maximum absolute atomic E-state index is 6.17. The lowest BCUT2D eigenvalue weighted by Crippen LogP contribution is -2.48. The van der Waals surface area contributed by atoms with Crippen molar-refractivity contribution in [3.63, 3.8) is 0 Å². The molecule has 1 N–H and O–H groups in total. The Kier molecular flexibility index (Phi) is 5.88. The quantitative estimate of drug-likeness (QED) is 0.774. The summed E-state index contributed by atoms with van der Waals surface area (Å²) in [4.78, 5) is 0. The lowest BCUT2D eigenvalue weighted by Gasteiger charge is -2.41. The van der Waals surface area contributed by atoms with Gasteiger partial charge in [-0.05, 0) is 48.4 Å². The summed E-state index contributed by atoms with van der Waals surface area (Å²) in [7, 11) is 3.89. The predicted molar refractivity (Wildman–Crippen MR) is 112 cm³/mol. The first-order chi connectivity index (χ1) is 13.7. The van der Waals surface area contributed by atoms with Crippen LogP contribution in [0, 0.1) is 5.92 Å². The second-order valence-corrected chi connectivity index (χ2v) is 8.26. The van der Waals surface area contributed by atoms with Crippen LogP contribution < -0.4 is 14.9 Å². The van der Waals surface area contributed by atoms with E-state index in [1.807, 2.05) is 24.3 Å². The molecule has 2 aromatic rings. The standard InChI is InChI=1S/C24H32N2O2/c1-26-14-13-24(25-26,20-11-7-4-8-12-20)21-15-22(27-2)17-23(16-21)28-18-19-9-5-3-6-10-19/h3,5-6,9-10,15-17,20,25H,4,7-8,11-14,18H2,1-2H3. The molecule has 1 unspecified atom stereocenters. The Morgan fingerprint density at radius 1 is 1.04 bits per heavy atom. The summed E-state index contributed by atoms with van der Waals surface area (Å²) >= 11 is 0. The van der Waals surface area contributed by atoms with E-state index in [1.54, 1.807) is 7.11 Å². The van der Waals surface area contributed by atoms with Crippen molar-refractivity contribution in [1.29, 1.82) is 0 Å². The van der Waals surface area contributed by atoms with Gasteiger partial charge in [0.15, 0.2) is 0 Å². The summed E-state index contributed by atoms with van der Waals surface area (Å²) in [6, 6.07) is 16.7. The van der Waals surface area contributed by atoms with Crippen molar-refractivity contribution in [2.45, 2.75) is 50.7 Å². The monoisotopic (exact) mass is 380 g/mol. The van der Waals surface area contributed by atoms with Crippen molar-refractivity contribution in [2.75, 3.05) is 20.7 Å². The first-order valence-corrected chi connectivity index (χ1v) is 10.5. The Bertz CT molecular complexity index is 773. The third-order valence-corrected chi connectivity index (χ3v) is 6.41. The minimum absolute atomic E-state index is 0.0193. The number of hydrazine groups is 1. The molecule has 1 saturated carbocycles. The van der Waals surface area contributed by atoms with Crippen molar-refractivity contribution in [1.82, 2.24) is 10.4 Å². The molecule has 0 bridgehead atoms. The van der Waals surface area contributed by atoms with Gasteiger partial charge in [-0.25, -0.2) is 10.4 Å². The second kappa shape index (κ2) is 8.54. The van der Waals surface area contributed by atoms with Gasteiger partial charge in [-0.1, -0.05) is 49.6 Å². The Morgan fingerprint density at radius 3 is 2.46 bits per heavy atom. The first kappa shape index (κ1) is 19.3. The molecule has 1 aliphatic carbocycles. The van der Waals surface area contributed by atoms with E-state index in [0.29, 0.717) is 12.5 Å². The SMILES string of the molecule is COc1cc(OCc2ccccc2)cc(C2(C3CCCCC3)CCN(C)N2)c1. The summed E-state index contributed by atoms with van der Waals surface area (Å²) in [6.45, 7) is 1.63. The number of hydrogen-bond acceptors (Lipinski definition) is 4. The highest BCUT2D eigenvalue weighted by Gasteiger charge is 2.45. The van der Waals surface area contributed by atoms with Gasteiger partial charge in [0.25, 0.3) is 0 Å². The number of ether oxygens (including phenoxy) is 2. The average molecular weight is 381 g/mol. The fourth-order valence-electron chi connectivity index (χ4n) is 4.90. The third kappa shape index (κ3) is 4.03. The molecule has 150 valence electrons. The first-order valence-electron chi connectivity index (χ1n) is 10.5. The molecular weight excluding hydrogens is 348 g/mol. The van der Waals surface area contributed by atoms with Crippen molar-refractivity contribution in [3.8, 4) is 11.5 Å². The highest BCUT2D eigenvalue weighted by molar-refractivity contribution is 5.42. The van der Waals surface area contributed by atoms with Crippen LogP contribution in [0.5, 0.6) is 11.5 Å². The molecule has 2 aromatic carbocycles. The van der Waals surface area contributed by atoms with Gasteiger partial charge in [-0.15, -0.1) is 0 Å². The third-order valence-electron chi connectivity index (χ3n) is 6.41. The van der Waals surface area contributed by atoms with Gasteiger partial charge in [0.05, 0.1) is 12.6 Å². The fraction of sp³-hybridized carbons (Fsp3) is 0.500.